The predicted octanol–water partition coefficient (Wildman–Crippen LogP) is 4.11. The van der Waals surface area contributed by atoms with Crippen LogP contribution in [0.4, 0.5) is 17.3 Å². The predicted molar refractivity (Wildman–Crippen MR) is 128 cm³/mol. The highest BCUT2D eigenvalue weighted by Gasteiger charge is 2.24. The normalized spacial score (nSPS) is 17.5. The van der Waals surface area contributed by atoms with Gasteiger partial charge in [0, 0.05) is 55.7 Å². The lowest BCUT2D eigenvalue weighted by molar-refractivity contribution is 0.246. The topological polar surface area (TPSA) is 38.7 Å². The first-order chi connectivity index (χ1) is 15.4. The zero-order valence-electron chi connectivity index (χ0n) is 17.7. The van der Waals surface area contributed by atoms with Crippen LogP contribution in [0.15, 0.2) is 78.0 Å². The fourth-order valence-electron chi connectivity index (χ4n) is 4.20. The molecule has 0 amide bonds. The van der Waals surface area contributed by atoms with Gasteiger partial charge in [0.25, 0.3) is 0 Å². The number of aromatic nitrogens is 2. The van der Waals surface area contributed by atoms with Crippen molar-refractivity contribution in [2.75, 3.05) is 55.7 Å². The first kappa shape index (κ1) is 20.3. The van der Waals surface area contributed by atoms with Crippen LogP contribution in [0.5, 0.6) is 0 Å². The van der Waals surface area contributed by atoms with Gasteiger partial charge in [0.15, 0.2) is 0 Å². The maximum Gasteiger partial charge on any atom is 0.225 e. The molecule has 3 heterocycles. The molecular formula is C24H28N6S. The van der Waals surface area contributed by atoms with Crippen molar-refractivity contribution < 1.29 is 0 Å². The second-order valence-electron chi connectivity index (χ2n) is 7.90. The molecule has 6 nitrogen and oxygen atoms in total. The van der Waals surface area contributed by atoms with Gasteiger partial charge in [-0.1, -0.05) is 30.3 Å². The Bertz CT molecular complexity index is 962. The molecule has 0 bridgehead atoms. The van der Waals surface area contributed by atoms with E-state index < -0.39 is 0 Å². The van der Waals surface area contributed by atoms with Gasteiger partial charge < -0.3 is 9.80 Å². The number of hydrogen-bond donors (Lipinski definition) is 0. The summed E-state index contributed by atoms with van der Waals surface area (Å²) in [6.07, 6.45) is 4.81. The third kappa shape index (κ3) is 4.84. The van der Waals surface area contributed by atoms with Crippen LogP contribution in [0.3, 0.4) is 0 Å². The summed E-state index contributed by atoms with van der Waals surface area (Å²) in [6.45, 7) is 7.26. The van der Waals surface area contributed by atoms with E-state index in [0.717, 1.165) is 51.9 Å². The minimum absolute atomic E-state index is 0.853. The van der Waals surface area contributed by atoms with E-state index in [-0.39, 0.29) is 0 Å². The van der Waals surface area contributed by atoms with Crippen LogP contribution in [-0.2, 0) is 0 Å². The van der Waals surface area contributed by atoms with Gasteiger partial charge in [0.05, 0.1) is 12.4 Å². The molecule has 0 saturated carbocycles. The lowest BCUT2D eigenvalue weighted by atomic mass is 10.2. The smallest absolute Gasteiger partial charge is 0.225 e. The summed E-state index contributed by atoms with van der Waals surface area (Å²) in [7, 11) is 0. The minimum Gasteiger partial charge on any atom is -0.338 e. The van der Waals surface area contributed by atoms with Crippen molar-refractivity contribution in [2.24, 2.45) is 0 Å². The fourth-order valence-corrected chi connectivity index (χ4v) is 5.28. The van der Waals surface area contributed by atoms with Crippen molar-refractivity contribution in [1.29, 1.82) is 0 Å². The molecular weight excluding hydrogens is 404 g/mol. The maximum absolute atomic E-state index is 4.38. The zero-order chi connectivity index (χ0) is 20.9. The molecule has 31 heavy (non-hydrogen) atoms. The van der Waals surface area contributed by atoms with Gasteiger partial charge in [-0.2, -0.15) is 0 Å². The summed E-state index contributed by atoms with van der Waals surface area (Å²) in [5.74, 6) is 0.853. The van der Waals surface area contributed by atoms with Crippen molar-refractivity contribution in [3.8, 4) is 0 Å². The largest absolute Gasteiger partial charge is 0.338 e. The maximum atomic E-state index is 4.38. The summed E-state index contributed by atoms with van der Waals surface area (Å²) in [5.41, 5.74) is 2.55. The summed E-state index contributed by atoms with van der Waals surface area (Å²) in [4.78, 5) is 17.4. The van der Waals surface area contributed by atoms with Gasteiger partial charge in [-0.25, -0.2) is 14.3 Å². The number of para-hydroxylation sites is 2. The minimum atomic E-state index is 0.853. The van der Waals surface area contributed by atoms with Crippen LogP contribution in [0, 0.1) is 0 Å². The van der Waals surface area contributed by atoms with Gasteiger partial charge in [0.2, 0.25) is 5.95 Å². The molecule has 0 unspecified atom stereocenters. The fraction of sp³-hybridized carbons (Fsp3) is 0.333. The van der Waals surface area contributed by atoms with Crippen LogP contribution in [0.2, 0.25) is 0 Å². The van der Waals surface area contributed by atoms with Gasteiger partial charge in [0.1, 0.15) is 0 Å². The van der Waals surface area contributed by atoms with Gasteiger partial charge in [-0.15, -0.1) is 0 Å². The summed E-state index contributed by atoms with van der Waals surface area (Å²) >= 11 is 1.89. The second kappa shape index (κ2) is 9.68. The summed E-state index contributed by atoms with van der Waals surface area (Å²) in [6, 6.07) is 21.3. The number of benzene rings is 2. The van der Waals surface area contributed by atoms with Gasteiger partial charge >= 0.3 is 0 Å². The Morgan fingerprint density at radius 3 is 2.32 bits per heavy atom. The Kier molecular flexibility index (Phi) is 6.34. The standard InChI is InChI=1S/C24H28N6S/c1-2-8-21(9-3-1)30-20-29(31-23-11-5-4-10-22(23)30)15-7-14-27-16-18-28(19-17-27)24-25-12-6-13-26-24/h1-6,8-13H,7,14-20H2. The highest BCUT2D eigenvalue weighted by Crippen LogP contribution is 2.41. The average Bonchev–Trinajstić information content (AvgIpc) is 2.85. The molecule has 0 spiro atoms. The van der Waals surface area contributed by atoms with Crippen molar-refractivity contribution >= 4 is 29.3 Å². The molecule has 0 N–H and O–H groups in total. The Hall–Kier alpha value is -2.61. The van der Waals surface area contributed by atoms with E-state index in [1.165, 1.54) is 22.7 Å². The van der Waals surface area contributed by atoms with Gasteiger partial charge in [-0.3, -0.25) is 4.90 Å². The highest BCUT2D eigenvalue weighted by atomic mass is 32.2. The average molecular weight is 433 g/mol. The molecule has 2 aromatic carbocycles. The van der Waals surface area contributed by atoms with E-state index in [4.69, 9.17) is 0 Å². The lowest BCUT2D eigenvalue weighted by Gasteiger charge is -2.38. The van der Waals surface area contributed by atoms with E-state index in [1.807, 2.05) is 30.4 Å². The van der Waals surface area contributed by atoms with Crippen molar-refractivity contribution in [3.05, 3.63) is 73.1 Å². The Morgan fingerprint density at radius 1 is 0.774 bits per heavy atom. The number of hydrogen-bond acceptors (Lipinski definition) is 7. The number of piperazine rings is 1. The lowest BCUT2D eigenvalue weighted by Crippen LogP contribution is -2.47. The molecule has 0 radical (unpaired) electrons. The van der Waals surface area contributed by atoms with Crippen molar-refractivity contribution in [3.63, 3.8) is 0 Å². The van der Waals surface area contributed by atoms with Crippen molar-refractivity contribution in [1.82, 2.24) is 19.2 Å². The number of rotatable bonds is 6. The first-order valence-electron chi connectivity index (χ1n) is 11.0. The molecule has 0 atom stereocenters. The van der Waals surface area contributed by atoms with Crippen LogP contribution < -0.4 is 9.80 Å². The van der Waals surface area contributed by atoms with E-state index in [1.54, 1.807) is 0 Å². The third-order valence-electron chi connectivity index (χ3n) is 5.84. The molecule has 1 aromatic heterocycles. The molecule has 1 saturated heterocycles. The molecule has 0 aliphatic carbocycles. The van der Waals surface area contributed by atoms with Crippen LogP contribution in [0.1, 0.15) is 6.42 Å². The highest BCUT2D eigenvalue weighted by molar-refractivity contribution is 7.97. The van der Waals surface area contributed by atoms with Crippen LogP contribution >= 0.6 is 11.9 Å². The quantitative estimate of drug-likeness (QED) is 0.543. The SMILES string of the molecule is c1ccc(N2CN(CCCN3CCN(c4ncccn4)CC3)Sc3ccccc32)cc1. The monoisotopic (exact) mass is 432 g/mol. The summed E-state index contributed by atoms with van der Waals surface area (Å²) < 4.78 is 2.49. The Morgan fingerprint density at radius 2 is 1.52 bits per heavy atom. The molecule has 160 valence electrons. The van der Waals surface area contributed by atoms with Crippen LogP contribution in [0.25, 0.3) is 0 Å². The molecule has 1 fully saturated rings. The van der Waals surface area contributed by atoms with E-state index in [9.17, 15) is 0 Å². The molecule has 3 aromatic rings. The van der Waals surface area contributed by atoms with E-state index >= 15 is 0 Å². The van der Waals surface area contributed by atoms with E-state index in [2.05, 4.69) is 83.6 Å². The van der Waals surface area contributed by atoms with Gasteiger partial charge in [-0.05, 0) is 55.2 Å². The van der Waals surface area contributed by atoms with Crippen molar-refractivity contribution in [2.45, 2.75) is 11.3 Å². The molecule has 5 rings (SSSR count). The number of nitrogens with zero attached hydrogens (tertiary/aromatic N) is 6. The summed E-state index contributed by atoms with van der Waals surface area (Å²) in [5, 5.41) is 0. The number of fused-ring (bicyclic) bond motifs is 1. The molecule has 7 heteroatoms. The number of anilines is 3. The van der Waals surface area contributed by atoms with Crippen LogP contribution in [-0.4, -0.2) is 65.1 Å². The molecule has 2 aliphatic rings. The van der Waals surface area contributed by atoms with E-state index in [0.29, 0.717) is 0 Å². The Labute approximate surface area is 188 Å². The Balaban J connectivity index is 1.15. The second-order valence-corrected chi connectivity index (χ2v) is 9.04. The third-order valence-corrected chi connectivity index (χ3v) is 6.94. The first-order valence-corrected chi connectivity index (χ1v) is 11.7. The molecule has 2 aliphatic heterocycles. The zero-order valence-corrected chi connectivity index (χ0v) is 18.5.